The molecule has 3 heteroatoms. The smallest absolute Gasteiger partial charge is 0.0741 e. The van der Waals surface area contributed by atoms with E-state index in [1.54, 1.807) is 0 Å². The number of fused-ring (bicyclic) bond motifs is 1. The van der Waals surface area contributed by atoms with Crippen LogP contribution in [0.5, 0.6) is 0 Å². The Morgan fingerprint density at radius 1 is 1.00 bits per heavy atom. The largest absolute Gasteiger partial charge is 0.233 e. The number of aromatic nitrogens is 2. The summed E-state index contributed by atoms with van der Waals surface area (Å²) in [4.78, 5) is 0. The molecule has 16 heavy (non-hydrogen) atoms. The maximum absolute atomic E-state index is 4.42. The summed E-state index contributed by atoms with van der Waals surface area (Å²) in [6.07, 6.45) is 1.91. The molecule has 0 amide bonds. The van der Waals surface area contributed by atoms with E-state index in [9.17, 15) is 0 Å². The summed E-state index contributed by atoms with van der Waals surface area (Å²) < 4.78 is 3.20. The highest BCUT2D eigenvalue weighted by atomic mass is 127. The molecule has 3 aromatic rings. The summed E-state index contributed by atoms with van der Waals surface area (Å²) in [7, 11) is 0. The first kappa shape index (κ1) is 9.84. The highest BCUT2D eigenvalue weighted by Gasteiger charge is 2.03. The van der Waals surface area contributed by atoms with E-state index in [1.165, 1.54) is 8.96 Å². The quantitative estimate of drug-likeness (QED) is 0.626. The lowest BCUT2D eigenvalue weighted by molar-refractivity contribution is 0.911. The predicted octanol–water partition coefficient (Wildman–Crippen LogP) is 3.63. The third-order valence-corrected chi connectivity index (χ3v) is 3.20. The van der Waals surface area contributed by atoms with Crippen LogP contribution in [0.25, 0.3) is 16.6 Å². The molecule has 78 valence electrons. The van der Waals surface area contributed by atoms with Crippen LogP contribution in [0.3, 0.4) is 0 Å². The van der Waals surface area contributed by atoms with E-state index in [0.29, 0.717) is 0 Å². The topological polar surface area (TPSA) is 17.8 Å². The van der Waals surface area contributed by atoms with Crippen molar-refractivity contribution in [1.82, 2.24) is 9.78 Å². The van der Waals surface area contributed by atoms with Crippen molar-refractivity contribution in [3.8, 4) is 5.69 Å². The number of halogens is 1. The second-order valence-electron chi connectivity index (χ2n) is 3.60. The van der Waals surface area contributed by atoms with E-state index in [0.717, 1.165) is 11.2 Å². The minimum atomic E-state index is 1.10. The first-order valence-electron chi connectivity index (χ1n) is 5.03. The Balaban J connectivity index is 2.26. The van der Waals surface area contributed by atoms with E-state index >= 15 is 0 Å². The minimum Gasteiger partial charge on any atom is -0.233 e. The van der Waals surface area contributed by atoms with Gasteiger partial charge in [0.1, 0.15) is 0 Å². The summed E-state index contributed by atoms with van der Waals surface area (Å²) >= 11 is 2.31. The van der Waals surface area contributed by atoms with E-state index in [1.807, 2.05) is 29.1 Å². The van der Waals surface area contributed by atoms with Gasteiger partial charge in [0.15, 0.2) is 0 Å². The Bertz CT molecular complexity index is 629. The standard InChI is InChI=1S/C13H9IN2/c14-11-6-7-13-10(8-11)9-15-16(13)12-4-2-1-3-5-12/h1-9H. The number of rotatable bonds is 1. The van der Waals surface area contributed by atoms with Crippen LogP contribution in [0.2, 0.25) is 0 Å². The Labute approximate surface area is 107 Å². The molecule has 0 spiro atoms. The number of nitrogens with zero attached hydrogens (tertiary/aromatic N) is 2. The van der Waals surface area contributed by atoms with Gasteiger partial charge < -0.3 is 0 Å². The average molecular weight is 320 g/mol. The second-order valence-corrected chi connectivity index (χ2v) is 4.84. The fourth-order valence-electron chi connectivity index (χ4n) is 1.78. The van der Waals surface area contributed by atoms with Crippen molar-refractivity contribution < 1.29 is 0 Å². The monoisotopic (exact) mass is 320 g/mol. The molecule has 0 saturated carbocycles. The summed E-state index contributed by atoms with van der Waals surface area (Å²) in [6, 6.07) is 16.5. The van der Waals surface area contributed by atoms with Crippen LogP contribution in [-0.2, 0) is 0 Å². The van der Waals surface area contributed by atoms with Gasteiger partial charge >= 0.3 is 0 Å². The Morgan fingerprint density at radius 3 is 2.62 bits per heavy atom. The van der Waals surface area contributed by atoms with Crippen LogP contribution in [0.4, 0.5) is 0 Å². The molecular weight excluding hydrogens is 311 g/mol. The molecule has 0 saturated heterocycles. The lowest BCUT2D eigenvalue weighted by atomic mass is 10.2. The number of para-hydroxylation sites is 1. The van der Waals surface area contributed by atoms with Crippen molar-refractivity contribution >= 4 is 33.5 Å². The van der Waals surface area contributed by atoms with Gasteiger partial charge in [-0.25, -0.2) is 4.68 Å². The fourth-order valence-corrected chi connectivity index (χ4v) is 2.29. The molecule has 0 radical (unpaired) electrons. The Hall–Kier alpha value is -1.36. The molecule has 2 nitrogen and oxygen atoms in total. The summed E-state index contributed by atoms with van der Waals surface area (Å²) in [5.41, 5.74) is 2.24. The maximum Gasteiger partial charge on any atom is 0.0741 e. The van der Waals surface area contributed by atoms with Crippen molar-refractivity contribution in [2.24, 2.45) is 0 Å². The van der Waals surface area contributed by atoms with Gasteiger partial charge in [-0.15, -0.1) is 0 Å². The molecule has 0 aliphatic carbocycles. The van der Waals surface area contributed by atoms with Crippen molar-refractivity contribution in [3.05, 3.63) is 58.3 Å². The zero-order valence-electron chi connectivity index (χ0n) is 8.47. The van der Waals surface area contributed by atoms with Gasteiger partial charge in [-0.05, 0) is 52.9 Å². The van der Waals surface area contributed by atoms with Gasteiger partial charge in [0.2, 0.25) is 0 Å². The number of hydrogen-bond donors (Lipinski definition) is 0. The summed E-state index contributed by atoms with van der Waals surface area (Å²) in [6.45, 7) is 0. The molecule has 0 bridgehead atoms. The second kappa shape index (κ2) is 3.90. The normalized spacial score (nSPS) is 10.8. The van der Waals surface area contributed by atoms with Gasteiger partial charge in [0, 0.05) is 8.96 Å². The molecule has 0 fully saturated rings. The van der Waals surface area contributed by atoms with Crippen LogP contribution >= 0.6 is 22.6 Å². The Kier molecular flexibility index (Phi) is 2.40. The highest BCUT2D eigenvalue weighted by molar-refractivity contribution is 14.1. The molecule has 1 aromatic heterocycles. The van der Waals surface area contributed by atoms with Gasteiger partial charge in [0.05, 0.1) is 17.4 Å². The van der Waals surface area contributed by atoms with Gasteiger partial charge in [-0.3, -0.25) is 0 Å². The average Bonchev–Trinajstić information content (AvgIpc) is 2.73. The molecule has 0 aliphatic heterocycles. The SMILES string of the molecule is Ic1ccc2c(cnn2-c2ccccc2)c1. The molecule has 3 rings (SSSR count). The third kappa shape index (κ3) is 1.61. The van der Waals surface area contributed by atoms with E-state index < -0.39 is 0 Å². The predicted molar refractivity (Wildman–Crippen MR) is 73.8 cm³/mol. The van der Waals surface area contributed by atoms with Crippen molar-refractivity contribution in [3.63, 3.8) is 0 Å². The first-order chi connectivity index (χ1) is 7.84. The van der Waals surface area contributed by atoms with Crippen LogP contribution < -0.4 is 0 Å². The van der Waals surface area contributed by atoms with Gasteiger partial charge in [-0.1, -0.05) is 18.2 Å². The molecule has 0 N–H and O–H groups in total. The molecular formula is C13H9IN2. The molecule has 0 unspecified atom stereocenters. The highest BCUT2D eigenvalue weighted by Crippen LogP contribution is 2.20. The molecule has 0 aliphatic rings. The third-order valence-electron chi connectivity index (χ3n) is 2.53. The first-order valence-corrected chi connectivity index (χ1v) is 6.11. The number of benzene rings is 2. The van der Waals surface area contributed by atoms with Crippen LogP contribution in [0, 0.1) is 3.57 Å². The summed E-state index contributed by atoms with van der Waals surface area (Å²) in [5.74, 6) is 0. The zero-order valence-corrected chi connectivity index (χ0v) is 10.6. The fraction of sp³-hybridized carbons (Fsp3) is 0. The van der Waals surface area contributed by atoms with E-state index in [2.05, 4.69) is 58.0 Å². The van der Waals surface area contributed by atoms with E-state index in [-0.39, 0.29) is 0 Å². The van der Waals surface area contributed by atoms with Crippen LogP contribution in [-0.4, -0.2) is 9.78 Å². The maximum atomic E-state index is 4.42. The van der Waals surface area contributed by atoms with Gasteiger partial charge in [-0.2, -0.15) is 5.10 Å². The molecule has 1 heterocycles. The van der Waals surface area contributed by atoms with Crippen molar-refractivity contribution in [2.75, 3.05) is 0 Å². The van der Waals surface area contributed by atoms with Gasteiger partial charge in [0.25, 0.3) is 0 Å². The Morgan fingerprint density at radius 2 is 1.81 bits per heavy atom. The number of hydrogen-bond acceptors (Lipinski definition) is 1. The van der Waals surface area contributed by atoms with Crippen LogP contribution in [0.15, 0.2) is 54.7 Å². The lowest BCUT2D eigenvalue weighted by Gasteiger charge is -2.02. The molecule has 2 aromatic carbocycles. The minimum absolute atomic E-state index is 1.10. The molecule has 0 atom stereocenters. The van der Waals surface area contributed by atoms with Crippen molar-refractivity contribution in [1.29, 1.82) is 0 Å². The lowest BCUT2D eigenvalue weighted by Crippen LogP contribution is -1.94. The van der Waals surface area contributed by atoms with Crippen molar-refractivity contribution in [2.45, 2.75) is 0 Å². The van der Waals surface area contributed by atoms with E-state index in [4.69, 9.17) is 0 Å². The zero-order chi connectivity index (χ0) is 11.0. The van der Waals surface area contributed by atoms with Crippen LogP contribution in [0.1, 0.15) is 0 Å². The summed E-state index contributed by atoms with van der Waals surface area (Å²) in [5, 5.41) is 5.60.